The lowest BCUT2D eigenvalue weighted by Crippen LogP contribution is -1.90. The van der Waals surface area contributed by atoms with Gasteiger partial charge in [-0.25, -0.2) is 9.97 Å². The molecule has 2 aromatic rings. The predicted octanol–water partition coefficient (Wildman–Crippen LogP) is 2.25. The molecule has 0 aliphatic carbocycles. The van der Waals surface area contributed by atoms with Gasteiger partial charge in [-0.05, 0) is 18.6 Å². The van der Waals surface area contributed by atoms with Gasteiger partial charge in [-0.1, -0.05) is 18.2 Å². The number of fused-ring (bicyclic) bond motifs is 1. The topological polar surface area (TPSA) is 25.8 Å². The van der Waals surface area contributed by atoms with Crippen LogP contribution in [-0.2, 0) is 0 Å². The zero-order chi connectivity index (χ0) is 9.26. The third-order valence-corrected chi connectivity index (χ3v) is 2.89. The Balaban J connectivity index is 2.62. The molecule has 0 saturated heterocycles. The average molecular weight is 192 g/mol. The van der Waals surface area contributed by atoms with Crippen LogP contribution in [0, 0.1) is 0 Å². The van der Waals surface area contributed by atoms with E-state index in [0.717, 1.165) is 16.1 Å². The number of thiol groups is 1. The van der Waals surface area contributed by atoms with E-state index in [1.165, 1.54) is 0 Å². The quantitative estimate of drug-likeness (QED) is 0.554. The SMILES string of the molecule is C[SH](C)c1ncc2ccccc2n1. The van der Waals surface area contributed by atoms with Gasteiger partial charge in [0.2, 0.25) is 0 Å². The largest absolute Gasteiger partial charge is 0.232 e. The van der Waals surface area contributed by atoms with E-state index in [9.17, 15) is 0 Å². The molecule has 0 saturated carbocycles. The molecular formula is C10H12N2S. The lowest BCUT2D eigenvalue weighted by molar-refractivity contribution is 1.00. The Morgan fingerprint density at radius 2 is 1.92 bits per heavy atom. The van der Waals surface area contributed by atoms with Crippen LogP contribution in [0.15, 0.2) is 35.6 Å². The van der Waals surface area contributed by atoms with Crippen LogP contribution in [0.5, 0.6) is 0 Å². The summed E-state index contributed by atoms with van der Waals surface area (Å²) in [5, 5.41) is 2.09. The van der Waals surface area contributed by atoms with E-state index in [1.807, 2.05) is 30.5 Å². The van der Waals surface area contributed by atoms with Gasteiger partial charge in [-0.2, -0.15) is 10.9 Å². The summed E-state index contributed by atoms with van der Waals surface area (Å²) in [6.45, 7) is 0. The summed E-state index contributed by atoms with van der Waals surface area (Å²) in [7, 11) is -0.191. The van der Waals surface area contributed by atoms with Crippen LogP contribution < -0.4 is 0 Å². The Kier molecular flexibility index (Phi) is 2.19. The summed E-state index contributed by atoms with van der Waals surface area (Å²) in [6, 6.07) is 8.07. The highest BCUT2D eigenvalue weighted by molar-refractivity contribution is 8.15. The minimum Gasteiger partial charge on any atom is -0.232 e. The van der Waals surface area contributed by atoms with Crippen molar-refractivity contribution < 1.29 is 0 Å². The molecule has 1 aromatic carbocycles. The predicted molar refractivity (Wildman–Crippen MR) is 58.6 cm³/mol. The standard InChI is InChI=1S/C10H12N2S/c1-13(2)10-11-7-8-5-3-4-6-9(8)12-10/h3-7,13H,1-2H3. The van der Waals surface area contributed by atoms with E-state index in [2.05, 4.69) is 22.5 Å². The van der Waals surface area contributed by atoms with Crippen molar-refractivity contribution in [3.05, 3.63) is 30.5 Å². The summed E-state index contributed by atoms with van der Waals surface area (Å²) in [5.74, 6) is 0. The van der Waals surface area contributed by atoms with Gasteiger partial charge in [0.1, 0.15) is 0 Å². The molecule has 2 rings (SSSR count). The fourth-order valence-corrected chi connectivity index (χ4v) is 1.77. The van der Waals surface area contributed by atoms with Crippen LogP contribution in [0.2, 0.25) is 0 Å². The second-order valence-electron chi connectivity index (χ2n) is 3.12. The van der Waals surface area contributed by atoms with Gasteiger partial charge in [0.25, 0.3) is 0 Å². The van der Waals surface area contributed by atoms with Crippen LogP contribution in [0.1, 0.15) is 0 Å². The Morgan fingerprint density at radius 1 is 1.15 bits per heavy atom. The molecule has 2 nitrogen and oxygen atoms in total. The van der Waals surface area contributed by atoms with Crippen molar-refractivity contribution >= 4 is 21.8 Å². The molecule has 0 fully saturated rings. The van der Waals surface area contributed by atoms with Crippen molar-refractivity contribution in [1.29, 1.82) is 0 Å². The fourth-order valence-electron chi connectivity index (χ4n) is 1.18. The van der Waals surface area contributed by atoms with Gasteiger partial charge < -0.3 is 0 Å². The van der Waals surface area contributed by atoms with E-state index in [-0.39, 0.29) is 10.9 Å². The molecule has 0 radical (unpaired) electrons. The molecule has 0 aliphatic heterocycles. The van der Waals surface area contributed by atoms with E-state index >= 15 is 0 Å². The zero-order valence-corrected chi connectivity index (χ0v) is 8.62. The third kappa shape index (κ3) is 1.65. The molecular weight excluding hydrogens is 180 g/mol. The smallest absolute Gasteiger partial charge is 0.167 e. The van der Waals surface area contributed by atoms with Crippen LogP contribution in [-0.4, -0.2) is 22.5 Å². The number of rotatable bonds is 1. The van der Waals surface area contributed by atoms with Crippen molar-refractivity contribution in [2.75, 3.05) is 12.5 Å². The normalized spacial score (nSPS) is 11.7. The first-order valence-electron chi connectivity index (χ1n) is 4.16. The lowest BCUT2D eigenvalue weighted by atomic mass is 10.2. The molecule has 0 unspecified atom stereocenters. The van der Waals surface area contributed by atoms with Gasteiger partial charge in [0.05, 0.1) is 5.52 Å². The molecule has 0 N–H and O–H groups in total. The van der Waals surface area contributed by atoms with E-state index in [0.29, 0.717) is 0 Å². The number of para-hydroxylation sites is 1. The molecule has 3 heteroatoms. The van der Waals surface area contributed by atoms with Gasteiger partial charge in [0, 0.05) is 11.6 Å². The highest BCUT2D eigenvalue weighted by atomic mass is 32.2. The van der Waals surface area contributed by atoms with Gasteiger partial charge in [-0.15, -0.1) is 0 Å². The number of benzene rings is 1. The van der Waals surface area contributed by atoms with Crippen LogP contribution in [0.25, 0.3) is 10.9 Å². The van der Waals surface area contributed by atoms with E-state index in [1.54, 1.807) is 0 Å². The minimum absolute atomic E-state index is 0.191. The van der Waals surface area contributed by atoms with Crippen molar-refractivity contribution in [2.24, 2.45) is 0 Å². The first-order chi connectivity index (χ1) is 6.27. The van der Waals surface area contributed by atoms with Crippen molar-refractivity contribution in [3.8, 4) is 0 Å². The first kappa shape index (κ1) is 8.51. The maximum atomic E-state index is 4.49. The van der Waals surface area contributed by atoms with Gasteiger partial charge in [0.15, 0.2) is 5.16 Å². The van der Waals surface area contributed by atoms with Crippen molar-refractivity contribution in [2.45, 2.75) is 5.16 Å². The second kappa shape index (κ2) is 3.34. The van der Waals surface area contributed by atoms with Crippen LogP contribution >= 0.6 is 10.9 Å². The molecule has 0 atom stereocenters. The first-order valence-corrected chi connectivity index (χ1v) is 6.40. The Bertz CT molecular complexity index is 426. The van der Waals surface area contributed by atoms with E-state index in [4.69, 9.17) is 0 Å². The highest BCUT2D eigenvalue weighted by Crippen LogP contribution is 2.24. The monoisotopic (exact) mass is 192 g/mol. The maximum absolute atomic E-state index is 4.49. The average Bonchev–Trinajstić information content (AvgIpc) is 2.17. The summed E-state index contributed by atoms with van der Waals surface area (Å²) in [5.41, 5.74) is 1.05. The molecule has 68 valence electrons. The Morgan fingerprint density at radius 3 is 2.69 bits per heavy atom. The van der Waals surface area contributed by atoms with Crippen molar-refractivity contribution in [3.63, 3.8) is 0 Å². The summed E-state index contributed by atoms with van der Waals surface area (Å²) in [6.07, 6.45) is 6.24. The van der Waals surface area contributed by atoms with Crippen LogP contribution in [0.4, 0.5) is 0 Å². The number of aromatic nitrogens is 2. The maximum Gasteiger partial charge on any atom is 0.167 e. The summed E-state index contributed by atoms with van der Waals surface area (Å²) >= 11 is 0. The van der Waals surface area contributed by atoms with Gasteiger partial charge in [-0.3, -0.25) is 0 Å². The number of hydrogen-bond donors (Lipinski definition) is 1. The molecule has 1 heterocycles. The molecule has 13 heavy (non-hydrogen) atoms. The minimum atomic E-state index is -0.191. The molecule has 0 amide bonds. The third-order valence-electron chi connectivity index (χ3n) is 1.88. The number of nitrogens with zero attached hydrogens (tertiary/aromatic N) is 2. The molecule has 0 aliphatic rings. The second-order valence-corrected chi connectivity index (χ2v) is 5.31. The molecule has 1 aromatic heterocycles. The lowest BCUT2D eigenvalue weighted by Gasteiger charge is -2.07. The number of hydrogen-bond acceptors (Lipinski definition) is 2. The fraction of sp³-hybridized carbons (Fsp3) is 0.200. The zero-order valence-electron chi connectivity index (χ0n) is 7.73. The van der Waals surface area contributed by atoms with Crippen LogP contribution in [0.3, 0.4) is 0 Å². The molecule has 0 bridgehead atoms. The van der Waals surface area contributed by atoms with E-state index < -0.39 is 0 Å². The Labute approximate surface area is 80.4 Å². The highest BCUT2D eigenvalue weighted by Gasteiger charge is 1.99. The summed E-state index contributed by atoms with van der Waals surface area (Å²) in [4.78, 5) is 8.82. The van der Waals surface area contributed by atoms with Crippen molar-refractivity contribution in [1.82, 2.24) is 9.97 Å². The Hall–Kier alpha value is -1.09. The van der Waals surface area contributed by atoms with Gasteiger partial charge >= 0.3 is 0 Å². The molecule has 0 spiro atoms. The summed E-state index contributed by atoms with van der Waals surface area (Å²) < 4.78 is 0.